The van der Waals surface area contributed by atoms with Gasteiger partial charge in [-0.05, 0) is 42.2 Å². The summed E-state index contributed by atoms with van der Waals surface area (Å²) in [6.45, 7) is 3.37. The number of nitrogens with two attached hydrogens (primary N) is 1. The first-order valence-corrected chi connectivity index (χ1v) is 19.7. The molecule has 3 aliphatic heterocycles. The van der Waals surface area contributed by atoms with Crippen LogP contribution in [0.1, 0.15) is 59.2 Å². The van der Waals surface area contributed by atoms with Crippen molar-refractivity contribution in [3.63, 3.8) is 0 Å². The Labute approximate surface area is 343 Å². The second kappa shape index (κ2) is 15.6. The average molecular weight is 826 g/mol. The second-order valence-corrected chi connectivity index (χ2v) is 15.5. The number of hydrogen-bond acceptors (Lipinski definition) is 8. The highest BCUT2D eigenvalue weighted by Gasteiger charge is 2.50. The molecule has 13 nitrogen and oxygen atoms in total. The number of primary amides is 1. The van der Waals surface area contributed by atoms with Crippen LogP contribution in [0.2, 0.25) is 5.02 Å². The minimum absolute atomic E-state index is 0.0122. The van der Waals surface area contributed by atoms with Gasteiger partial charge in [-0.15, -0.1) is 0 Å². The maximum absolute atomic E-state index is 16.2. The molecule has 0 spiro atoms. The van der Waals surface area contributed by atoms with E-state index in [1.165, 1.54) is 30.2 Å². The number of benzene rings is 4. The second-order valence-electron chi connectivity index (χ2n) is 15.1. The van der Waals surface area contributed by atoms with Gasteiger partial charge in [0.2, 0.25) is 17.7 Å². The van der Waals surface area contributed by atoms with Gasteiger partial charge in [-0.1, -0.05) is 61.0 Å². The van der Waals surface area contributed by atoms with Crippen molar-refractivity contribution < 1.29 is 37.4 Å². The molecular formula is C43H42ClF2N7O6. The van der Waals surface area contributed by atoms with Gasteiger partial charge in [-0.3, -0.25) is 29.3 Å². The van der Waals surface area contributed by atoms with Crippen LogP contribution in [0.3, 0.4) is 0 Å². The van der Waals surface area contributed by atoms with Crippen molar-refractivity contribution in [2.24, 2.45) is 12.8 Å². The number of amides is 5. The van der Waals surface area contributed by atoms with Crippen LogP contribution in [0, 0.1) is 11.6 Å². The largest absolute Gasteiger partial charge is 0.494 e. The number of fused-ring (bicyclic) bond motifs is 2. The molecule has 1 aromatic heterocycles. The van der Waals surface area contributed by atoms with Crippen molar-refractivity contribution in [1.29, 1.82) is 0 Å². The number of rotatable bonds is 10. The molecule has 0 radical (unpaired) electrons. The van der Waals surface area contributed by atoms with E-state index in [1.54, 1.807) is 11.7 Å². The topological polar surface area (TPSA) is 161 Å². The summed E-state index contributed by atoms with van der Waals surface area (Å²) in [5.41, 5.74) is 6.82. The molecular weight excluding hydrogens is 784 g/mol. The maximum atomic E-state index is 16.2. The first-order valence-electron chi connectivity index (χ1n) is 19.3. The van der Waals surface area contributed by atoms with E-state index in [4.69, 9.17) is 26.8 Å². The van der Waals surface area contributed by atoms with Gasteiger partial charge < -0.3 is 25.4 Å². The molecule has 3 aliphatic rings. The average Bonchev–Trinajstić information content (AvgIpc) is 3.71. The number of halogens is 3. The first kappa shape index (κ1) is 39.8. The number of hydrogen-bond donors (Lipinski definition) is 3. The Balaban J connectivity index is 1.01. The van der Waals surface area contributed by atoms with Crippen LogP contribution >= 0.6 is 11.6 Å². The lowest BCUT2D eigenvalue weighted by Crippen LogP contribution is -2.51. The fraction of sp³-hybridized carbons (Fsp3) is 0.326. The molecule has 306 valence electrons. The number of likely N-dealkylation sites (tertiary alicyclic amines) is 1. The summed E-state index contributed by atoms with van der Waals surface area (Å²) in [5.74, 6) is -3.20. The molecule has 4 N–H and O–H groups in total. The number of para-hydroxylation sites is 1. The highest BCUT2D eigenvalue weighted by molar-refractivity contribution is 6.34. The number of ether oxygens (including phenoxy) is 2. The Hall–Kier alpha value is -6.06. The number of urea groups is 1. The van der Waals surface area contributed by atoms with E-state index >= 15 is 8.78 Å². The Morgan fingerprint density at radius 1 is 1.05 bits per heavy atom. The molecule has 8 rings (SSSR count). The third-order valence-corrected chi connectivity index (χ3v) is 12.2. The molecule has 5 aromatic rings. The van der Waals surface area contributed by atoms with Gasteiger partial charge in [-0.2, -0.15) is 5.10 Å². The summed E-state index contributed by atoms with van der Waals surface area (Å²) in [5, 5.41) is 10.9. The van der Waals surface area contributed by atoms with Crippen LogP contribution in [-0.2, 0) is 28.7 Å². The maximum Gasteiger partial charge on any atom is 0.329 e. The molecule has 0 saturated carbocycles. The third kappa shape index (κ3) is 6.91. The van der Waals surface area contributed by atoms with Crippen LogP contribution in [-0.4, -0.2) is 77.8 Å². The van der Waals surface area contributed by atoms with Crippen molar-refractivity contribution in [2.75, 3.05) is 38.2 Å². The monoisotopic (exact) mass is 825 g/mol. The highest BCUT2D eigenvalue weighted by atomic mass is 35.5. The number of aryl methyl sites for hydroxylation is 1. The zero-order valence-electron chi connectivity index (χ0n) is 32.6. The zero-order valence-corrected chi connectivity index (χ0v) is 33.4. The predicted octanol–water partition coefficient (Wildman–Crippen LogP) is 5.94. The van der Waals surface area contributed by atoms with Crippen molar-refractivity contribution in [2.45, 2.75) is 50.2 Å². The number of carbonyl (C=O) groups excluding carboxylic acids is 4. The summed E-state index contributed by atoms with van der Waals surface area (Å²) >= 11 is 6.66. The van der Waals surface area contributed by atoms with Crippen molar-refractivity contribution in [3.05, 3.63) is 106 Å². The fourth-order valence-corrected chi connectivity index (χ4v) is 9.04. The van der Waals surface area contributed by atoms with Gasteiger partial charge in [0.25, 0.3) is 0 Å². The summed E-state index contributed by atoms with van der Waals surface area (Å²) in [6.07, 6.45) is 1.58. The Morgan fingerprint density at radius 2 is 1.80 bits per heavy atom. The fourth-order valence-electron chi connectivity index (χ4n) is 8.79. The number of carbonyl (C=O) groups is 4. The molecule has 16 heteroatoms. The normalized spacial score (nSPS) is 19.5. The van der Waals surface area contributed by atoms with Gasteiger partial charge in [0.15, 0.2) is 23.0 Å². The van der Waals surface area contributed by atoms with Gasteiger partial charge >= 0.3 is 6.03 Å². The quantitative estimate of drug-likeness (QED) is 0.156. The van der Waals surface area contributed by atoms with Crippen LogP contribution in [0.25, 0.3) is 22.0 Å². The van der Waals surface area contributed by atoms with Crippen LogP contribution in [0.4, 0.5) is 19.4 Å². The van der Waals surface area contributed by atoms with E-state index < -0.39 is 35.1 Å². The number of nitrogens with zero attached hydrogens (tertiary/aromatic N) is 4. The van der Waals surface area contributed by atoms with E-state index in [9.17, 15) is 19.2 Å². The molecule has 0 unspecified atom stereocenters. The van der Waals surface area contributed by atoms with Crippen molar-refractivity contribution in [1.82, 2.24) is 25.3 Å². The number of piperidine rings is 1. The van der Waals surface area contributed by atoms with Gasteiger partial charge in [0.05, 0.1) is 29.6 Å². The van der Waals surface area contributed by atoms with Crippen LogP contribution < -0.4 is 30.7 Å². The molecule has 0 bridgehead atoms. The number of nitrogens with one attached hydrogen (secondary N) is 2. The zero-order chi connectivity index (χ0) is 41.7. The number of methoxy groups -OCH3 is 1. The molecule has 2 saturated heterocycles. The summed E-state index contributed by atoms with van der Waals surface area (Å²) < 4.78 is 45.5. The molecule has 2 atom stereocenters. The van der Waals surface area contributed by atoms with E-state index in [0.717, 1.165) is 16.6 Å². The SMILES string of the molecule is COc1ccc(C(N)=O)c(-c2c(Cl)c(F)cc3c2[C@H](C)[C@@](CNC2CCN(C(=O)Cc4cccc5c(N6CCC(=O)NC6=O)nn(C)c45)CC2)(c2ccccc2)O3)c1F. The van der Waals surface area contributed by atoms with Gasteiger partial charge in [0.1, 0.15) is 11.6 Å². The minimum atomic E-state index is -1.12. The van der Waals surface area contributed by atoms with Crippen molar-refractivity contribution >= 4 is 52.1 Å². The van der Waals surface area contributed by atoms with Crippen LogP contribution in [0.15, 0.2) is 66.7 Å². The molecule has 0 aliphatic carbocycles. The Kier molecular flexibility index (Phi) is 10.5. The molecule has 2 fully saturated rings. The summed E-state index contributed by atoms with van der Waals surface area (Å²) in [6, 6.07) is 18.3. The minimum Gasteiger partial charge on any atom is -0.494 e. The predicted molar refractivity (Wildman–Crippen MR) is 217 cm³/mol. The van der Waals surface area contributed by atoms with E-state index in [-0.39, 0.29) is 77.0 Å². The van der Waals surface area contributed by atoms with Gasteiger partial charge in [-0.25, -0.2) is 13.6 Å². The molecule has 5 amide bonds. The molecule has 4 heterocycles. The van der Waals surface area contributed by atoms with Crippen LogP contribution in [0.5, 0.6) is 11.5 Å². The molecule has 59 heavy (non-hydrogen) atoms. The Bertz CT molecular complexity index is 2530. The first-order chi connectivity index (χ1) is 28.3. The third-order valence-electron chi connectivity index (χ3n) is 11.8. The smallest absolute Gasteiger partial charge is 0.329 e. The number of aromatic nitrogens is 2. The number of anilines is 1. The Morgan fingerprint density at radius 3 is 2.49 bits per heavy atom. The highest BCUT2D eigenvalue weighted by Crippen LogP contribution is 2.56. The van der Waals surface area contributed by atoms with Crippen molar-refractivity contribution in [3.8, 4) is 22.6 Å². The lowest BCUT2D eigenvalue weighted by Gasteiger charge is -2.38. The lowest BCUT2D eigenvalue weighted by molar-refractivity contribution is -0.131. The summed E-state index contributed by atoms with van der Waals surface area (Å²) in [7, 11) is 3.05. The standard InChI is InChI=1S/C43H42ClF2N7O6/c1-23-34-31(21-29(45)37(44)36(34)35-27(40(47)56)12-13-30(58-3)38(35)46)59-43(23,25-9-5-4-6-10-25)22-48-26-14-17-52(18-15-26)33(55)20-24-8-7-11-28-39(24)51(2)50-41(28)53-19-16-32(54)49-42(53)57/h4-13,21,23,26,48H,14-20,22H2,1-3H3,(H2,47,56)(H,49,54,57)/t23-,43-/m0/s1. The lowest BCUT2D eigenvalue weighted by atomic mass is 9.77. The van der Waals surface area contributed by atoms with Gasteiger partial charge in [0, 0.05) is 79.8 Å². The summed E-state index contributed by atoms with van der Waals surface area (Å²) in [4.78, 5) is 54.0. The van der Waals surface area contributed by atoms with E-state index in [0.29, 0.717) is 42.7 Å². The molecule has 4 aromatic carbocycles. The number of imide groups is 1. The van der Waals surface area contributed by atoms with E-state index in [2.05, 4.69) is 15.7 Å². The van der Waals surface area contributed by atoms with E-state index in [1.807, 2.05) is 60.4 Å².